The number of carbonyl (C=O) groups excluding carboxylic acids is 2. The van der Waals surface area contributed by atoms with Crippen LogP contribution in [0.4, 0.5) is 0 Å². The van der Waals surface area contributed by atoms with Crippen molar-refractivity contribution in [1.82, 2.24) is 14.7 Å². The summed E-state index contributed by atoms with van der Waals surface area (Å²) >= 11 is 0. The van der Waals surface area contributed by atoms with Crippen LogP contribution < -0.4 is 4.74 Å². The van der Waals surface area contributed by atoms with Gasteiger partial charge < -0.3 is 14.4 Å². The van der Waals surface area contributed by atoms with Crippen LogP contribution in [0.3, 0.4) is 0 Å². The molecule has 0 unspecified atom stereocenters. The first kappa shape index (κ1) is 21.1. The summed E-state index contributed by atoms with van der Waals surface area (Å²) in [5.41, 5.74) is 2.76. The number of aromatic nitrogens is 2. The van der Waals surface area contributed by atoms with Crippen LogP contribution >= 0.6 is 0 Å². The lowest BCUT2D eigenvalue weighted by molar-refractivity contribution is -0.140. The van der Waals surface area contributed by atoms with Gasteiger partial charge in [0.05, 0.1) is 25.5 Å². The van der Waals surface area contributed by atoms with Crippen LogP contribution in [0.1, 0.15) is 23.2 Å². The van der Waals surface area contributed by atoms with Gasteiger partial charge in [0.1, 0.15) is 11.4 Å². The minimum Gasteiger partial charge on any atom is -0.497 e. The largest absolute Gasteiger partial charge is 0.497 e. The smallest absolute Gasteiger partial charge is 0.305 e. The van der Waals surface area contributed by atoms with Gasteiger partial charge in [0.25, 0.3) is 5.91 Å². The Kier molecular flexibility index (Phi) is 6.85. The average Bonchev–Trinajstić information content (AvgIpc) is 3.24. The second-order valence-electron chi connectivity index (χ2n) is 6.81. The molecule has 0 aliphatic heterocycles. The van der Waals surface area contributed by atoms with Gasteiger partial charge in [0, 0.05) is 31.8 Å². The van der Waals surface area contributed by atoms with Crippen molar-refractivity contribution in [3.8, 4) is 22.7 Å². The molecule has 0 aliphatic carbocycles. The first-order valence-electron chi connectivity index (χ1n) is 9.65. The molecule has 3 aromatic rings. The predicted molar refractivity (Wildman–Crippen MR) is 114 cm³/mol. The molecule has 0 aliphatic rings. The Morgan fingerprint density at radius 2 is 1.73 bits per heavy atom. The summed E-state index contributed by atoms with van der Waals surface area (Å²) < 4.78 is 11.6. The van der Waals surface area contributed by atoms with E-state index in [9.17, 15) is 9.59 Å². The summed E-state index contributed by atoms with van der Waals surface area (Å²) in [5, 5.41) is 4.69. The van der Waals surface area contributed by atoms with Gasteiger partial charge in [-0.25, -0.2) is 4.68 Å². The lowest BCUT2D eigenvalue weighted by Crippen LogP contribution is -2.28. The summed E-state index contributed by atoms with van der Waals surface area (Å²) in [6.45, 7) is 0.437. The molecular formula is C23H25N3O4. The van der Waals surface area contributed by atoms with Crippen molar-refractivity contribution in [3.63, 3.8) is 0 Å². The molecule has 7 heteroatoms. The molecule has 1 heterocycles. The monoisotopic (exact) mass is 407 g/mol. The van der Waals surface area contributed by atoms with Crippen molar-refractivity contribution < 1.29 is 19.1 Å². The minimum atomic E-state index is -0.285. The van der Waals surface area contributed by atoms with E-state index in [0.717, 1.165) is 17.0 Å². The number of hydrogen-bond acceptors (Lipinski definition) is 5. The normalized spacial score (nSPS) is 10.5. The maximum absolute atomic E-state index is 13.2. The van der Waals surface area contributed by atoms with E-state index in [-0.39, 0.29) is 18.3 Å². The number of esters is 1. The number of rotatable bonds is 8. The quantitative estimate of drug-likeness (QED) is 0.534. The van der Waals surface area contributed by atoms with E-state index in [1.807, 2.05) is 54.6 Å². The van der Waals surface area contributed by atoms with Crippen molar-refractivity contribution in [2.24, 2.45) is 0 Å². The van der Waals surface area contributed by atoms with Crippen LogP contribution in [0.25, 0.3) is 16.9 Å². The van der Waals surface area contributed by atoms with E-state index in [1.54, 1.807) is 29.9 Å². The third kappa shape index (κ3) is 4.86. The summed E-state index contributed by atoms with van der Waals surface area (Å²) in [4.78, 5) is 26.1. The molecule has 0 saturated heterocycles. The van der Waals surface area contributed by atoms with Crippen LogP contribution in [0.2, 0.25) is 0 Å². The van der Waals surface area contributed by atoms with Gasteiger partial charge in [0.15, 0.2) is 0 Å². The first-order valence-corrected chi connectivity index (χ1v) is 9.65. The van der Waals surface area contributed by atoms with E-state index in [4.69, 9.17) is 4.74 Å². The molecular weight excluding hydrogens is 382 g/mol. The number of carbonyl (C=O) groups is 2. The van der Waals surface area contributed by atoms with Crippen LogP contribution in [0.15, 0.2) is 60.8 Å². The van der Waals surface area contributed by atoms with Crippen molar-refractivity contribution in [3.05, 3.63) is 66.4 Å². The van der Waals surface area contributed by atoms with Crippen molar-refractivity contribution in [2.75, 3.05) is 27.8 Å². The second-order valence-corrected chi connectivity index (χ2v) is 6.81. The van der Waals surface area contributed by atoms with Gasteiger partial charge in [-0.05, 0) is 42.8 Å². The highest BCUT2D eigenvalue weighted by atomic mass is 16.5. The fourth-order valence-corrected chi connectivity index (χ4v) is 3.08. The molecule has 0 radical (unpaired) electrons. The Bertz CT molecular complexity index is 997. The lowest BCUT2D eigenvalue weighted by Gasteiger charge is -2.16. The molecule has 0 bridgehead atoms. The number of benzene rings is 2. The Morgan fingerprint density at radius 3 is 2.37 bits per heavy atom. The van der Waals surface area contributed by atoms with E-state index >= 15 is 0 Å². The van der Waals surface area contributed by atoms with Gasteiger partial charge in [-0.3, -0.25) is 9.59 Å². The lowest BCUT2D eigenvalue weighted by atomic mass is 10.1. The Morgan fingerprint density at radius 1 is 1.03 bits per heavy atom. The minimum absolute atomic E-state index is 0.159. The fourth-order valence-electron chi connectivity index (χ4n) is 3.08. The number of methoxy groups -OCH3 is 2. The summed E-state index contributed by atoms with van der Waals surface area (Å²) in [5.74, 6) is 0.286. The molecule has 2 aromatic carbocycles. The van der Waals surface area contributed by atoms with Crippen LogP contribution in [0, 0.1) is 0 Å². The average molecular weight is 407 g/mol. The third-order valence-electron chi connectivity index (χ3n) is 4.78. The van der Waals surface area contributed by atoms with Crippen LogP contribution in [-0.2, 0) is 9.53 Å². The molecule has 30 heavy (non-hydrogen) atoms. The Hall–Kier alpha value is -3.61. The fraction of sp³-hybridized carbons (Fsp3) is 0.261. The van der Waals surface area contributed by atoms with Gasteiger partial charge in [-0.2, -0.15) is 5.10 Å². The highest BCUT2D eigenvalue weighted by Crippen LogP contribution is 2.26. The Balaban J connectivity index is 1.91. The highest BCUT2D eigenvalue weighted by molar-refractivity contribution is 5.99. The topological polar surface area (TPSA) is 73.7 Å². The van der Waals surface area contributed by atoms with E-state index in [1.165, 1.54) is 7.11 Å². The maximum atomic E-state index is 13.2. The highest BCUT2D eigenvalue weighted by Gasteiger charge is 2.21. The molecule has 1 aromatic heterocycles. The first-order chi connectivity index (χ1) is 14.5. The zero-order chi connectivity index (χ0) is 21.5. The molecule has 0 fully saturated rings. The maximum Gasteiger partial charge on any atom is 0.305 e. The van der Waals surface area contributed by atoms with Gasteiger partial charge in [-0.15, -0.1) is 0 Å². The summed E-state index contributed by atoms with van der Waals surface area (Å²) in [6.07, 6.45) is 2.54. The van der Waals surface area contributed by atoms with E-state index in [0.29, 0.717) is 24.2 Å². The van der Waals surface area contributed by atoms with Crippen LogP contribution in [0.5, 0.6) is 5.75 Å². The summed E-state index contributed by atoms with van der Waals surface area (Å²) in [6, 6.07) is 17.1. The van der Waals surface area contributed by atoms with Gasteiger partial charge in [-0.1, -0.05) is 18.2 Å². The second kappa shape index (κ2) is 9.73. The standard InChI is InChI=1S/C23H25N3O4/c1-25(15-7-10-21(27)30-3)23(28)20-16-26(18-8-5-4-6-9-18)24-22(20)17-11-13-19(29-2)14-12-17/h4-6,8-9,11-14,16H,7,10,15H2,1-3H3. The van der Waals surface area contributed by atoms with E-state index in [2.05, 4.69) is 9.84 Å². The molecule has 156 valence electrons. The Labute approximate surface area is 175 Å². The summed E-state index contributed by atoms with van der Waals surface area (Å²) in [7, 11) is 4.69. The SMILES string of the molecule is COC(=O)CCCN(C)C(=O)c1cn(-c2ccccc2)nc1-c1ccc(OC)cc1. The van der Waals surface area contributed by atoms with Crippen molar-refractivity contribution in [2.45, 2.75) is 12.8 Å². The number of nitrogens with zero attached hydrogens (tertiary/aromatic N) is 3. The van der Waals surface area contributed by atoms with Crippen molar-refractivity contribution >= 4 is 11.9 Å². The molecule has 7 nitrogen and oxygen atoms in total. The number of para-hydroxylation sites is 1. The zero-order valence-corrected chi connectivity index (χ0v) is 17.4. The molecule has 3 rings (SSSR count). The molecule has 1 amide bonds. The van der Waals surface area contributed by atoms with E-state index < -0.39 is 0 Å². The molecule has 0 spiro atoms. The predicted octanol–water partition coefficient (Wildman–Crippen LogP) is 3.57. The third-order valence-corrected chi connectivity index (χ3v) is 4.78. The van der Waals surface area contributed by atoms with Gasteiger partial charge in [0.2, 0.25) is 0 Å². The molecule has 0 N–H and O–H groups in total. The molecule has 0 atom stereocenters. The number of ether oxygens (including phenoxy) is 2. The van der Waals surface area contributed by atoms with Crippen LogP contribution in [-0.4, -0.2) is 54.4 Å². The number of amides is 1. The van der Waals surface area contributed by atoms with Gasteiger partial charge >= 0.3 is 5.97 Å². The molecule has 0 saturated carbocycles. The zero-order valence-electron chi connectivity index (χ0n) is 17.4. The number of hydrogen-bond donors (Lipinski definition) is 0. The van der Waals surface area contributed by atoms with Crippen molar-refractivity contribution in [1.29, 1.82) is 0 Å².